The zero-order valence-electron chi connectivity index (χ0n) is 14.1. The van der Waals surface area contributed by atoms with Crippen LogP contribution in [0.5, 0.6) is 0 Å². The average Bonchev–Trinajstić information content (AvgIpc) is 2.83. The number of nitrogens with zero attached hydrogens (tertiary/aromatic N) is 2. The van der Waals surface area contributed by atoms with Gasteiger partial charge in [0.15, 0.2) is 0 Å². The minimum Gasteiger partial charge on any atom is -0.298 e. The Morgan fingerprint density at radius 3 is 2.48 bits per heavy atom. The average molecular weight is 326 g/mol. The molecule has 2 fully saturated rings. The second-order valence-corrected chi connectivity index (χ2v) is 8.86. The molecule has 1 aromatic heterocycles. The minimum absolute atomic E-state index is 0.00309. The molecular weight excluding hydrogens is 304 g/mol. The zero-order valence-corrected chi connectivity index (χ0v) is 14.9. The number of ketones is 1. The van der Waals surface area contributed by atoms with Crippen molar-refractivity contribution in [1.82, 2.24) is 10.2 Å². The van der Waals surface area contributed by atoms with E-state index < -0.39 is 0 Å². The van der Waals surface area contributed by atoms with Gasteiger partial charge in [-0.15, -0.1) is 5.10 Å². The summed E-state index contributed by atoms with van der Waals surface area (Å²) in [6, 6.07) is 8.22. The standard InChI is InChI=1S/C19H22N2OS/c1-11-12-7-5-6-8-13(12)17(21-20-11)23-16-15(22)14-9-10-19(16,4)18(14,2)3/h5-8,14,16H,9-10H2,1-4H3/t14-,16+,19-/m0/s1. The normalized spacial score (nSPS) is 31.9. The quantitative estimate of drug-likeness (QED) is 0.819. The van der Waals surface area contributed by atoms with E-state index in [2.05, 4.69) is 43.1 Å². The maximum atomic E-state index is 12.9. The van der Waals surface area contributed by atoms with Crippen LogP contribution in [0, 0.1) is 23.7 Å². The van der Waals surface area contributed by atoms with Gasteiger partial charge in [-0.25, -0.2) is 0 Å². The molecule has 2 aromatic rings. The van der Waals surface area contributed by atoms with Crippen molar-refractivity contribution in [2.45, 2.75) is 50.8 Å². The lowest BCUT2D eigenvalue weighted by Gasteiger charge is -2.37. The number of carbonyl (C=O) groups excluding carboxylic acids is 1. The van der Waals surface area contributed by atoms with Gasteiger partial charge in [-0.3, -0.25) is 4.79 Å². The smallest absolute Gasteiger partial charge is 0.150 e. The molecule has 4 rings (SSSR count). The van der Waals surface area contributed by atoms with Crippen LogP contribution in [0.15, 0.2) is 29.3 Å². The Kier molecular flexibility index (Phi) is 3.15. The summed E-state index contributed by atoms with van der Waals surface area (Å²) >= 11 is 1.64. The van der Waals surface area contributed by atoms with E-state index in [0.717, 1.165) is 34.3 Å². The van der Waals surface area contributed by atoms with Gasteiger partial charge >= 0.3 is 0 Å². The summed E-state index contributed by atoms with van der Waals surface area (Å²) in [5.74, 6) is 0.620. The molecule has 3 atom stereocenters. The first kappa shape index (κ1) is 15.1. The summed E-state index contributed by atoms with van der Waals surface area (Å²) in [6.45, 7) is 8.81. The van der Waals surface area contributed by atoms with Gasteiger partial charge < -0.3 is 0 Å². The van der Waals surface area contributed by atoms with E-state index in [1.54, 1.807) is 11.8 Å². The topological polar surface area (TPSA) is 42.9 Å². The highest BCUT2D eigenvalue weighted by Gasteiger charge is 2.66. The summed E-state index contributed by atoms with van der Waals surface area (Å²) < 4.78 is 0. The highest BCUT2D eigenvalue weighted by Crippen LogP contribution is 2.67. The molecule has 4 heteroatoms. The number of aryl methyl sites for hydroxylation is 1. The largest absolute Gasteiger partial charge is 0.298 e. The van der Waals surface area contributed by atoms with Crippen LogP contribution in [-0.2, 0) is 4.79 Å². The van der Waals surface area contributed by atoms with Gasteiger partial charge in [0.2, 0.25) is 0 Å². The van der Waals surface area contributed by atoms with Crippen molar-refractivity contribution in [2.24, 2.45) is 16.7 Å². The highest BCUT2D eigenvalue weighted by atomic mass is 32.2. The van der Waals surface area contributed by atoms with Gasteiger partial charge in [-0.05, 0) is 30.6 Å². The van der Waals surface area contributed by atoms with Crippen molar-refractivity contribution in [3.8, 4) is 0 Å². The SMILES string of the molecule is Cc1nnc(S[C@@H]2C(=O)[C@@H]3CC[C@]2(C)C3(C)C)c2ccccc12. The third kappa shape index (κ3) is 1.87. The van der Waals surface area contributed by atoms with Crippen LogP contribution in [0.4, 0.5) is 0 Å². The molecule has 120 valence electrons. The molecule has 0 amide bonds. The fourth-order valence-electron chi connectivity index (χ4n) is 4.59. The van der Waals surface area contributed by atoms with Crippen LogP contribution < -0.4 is 0 Å². The van der Waals surface area contributed by atoms with Crippen molar-refractivity contribution in [1.29, 1.82) is 0 Å². The van der Waals surface area contributed by atoms with Crippen LogP contribution in [0.2, 0.25) is 0 Å². The van der Waals surface area contributed by atoms with E-state index in [1.807, 2.05) is 19.1 Å². The lowest BCUT2D eigenvalue weighted by Crippen LogP contribution is -2.35. The molecule has 2 aliphatic rings. The number of benzene rings is 1. The van der Waals surface area contributed by atoms with Crippen molar-refractivity contribution in [3.63, 3.8) is 0 Å². The molecule has 2 bridgehead atoms. The van der Waals surface area contributed by atoms with Crippen LogP contribution in [-0.4, -0.2) is 21.2 Å². The number of hydrogen-bond acceptors (Lipinski definition) is 4. The zero-order chi connectivity index (χ0) is 16.4. The van der Waals surface area contributed by atoms with Gasteiger partial charge in [-0.2, -0.15) is 5.10 Å². The molecule has 3 nitrogen and oxygen atoms in total. The fourth-order valence-corrected chi connectivity index (χ4v) is 6.17. The van der Waals surface area contributed by atoms with Crippen molar-refractivity contribution >= 4 is 28.3 Å². The second-order valence-electron chi connectivity index (χ2n) is 7.77. The molecule has 23 heavy (non-hydrogen) atoms. The minimum atomic E-state index is -0.00309. The third-order valence-electron chi connectivity index (χ3n) is 6.54. The molecule has 2 aliphatic carbocycles. The number of thioether (sulfide) groups is 1. The molecule has 1 heterocycles. The Bertz CT molecular complexity index is 816. The summed E-state index contributed by atoms with van der Waals surface area (Å²) in [7, 11) is 0. The number of rotatable bonds is 2. The molecule has 0 unspecified atom stereocenters. The van der Waals surface area contributed by atoms with Gasteiger partial charge in [0.05, 0.1) is 10.9 Å². The van der Waals surface area contributed by atoms with E-state index in [0.29, 0.717) is 5.78 Å². The predicted octanol–water partition coefficient (Wildman–Crippen LogP) is 4.42. The fraction of sp³-hybridized carbons (Fsp3) is 0.526. The Morgan fingerprint density at radius 2 is 1.83 bits per heavy atom. The lowest BCUT2D eigenvalue weighted by atomic mass is 9.71. The Hall–Kier alpha value is -1.42. The van der Waals surface area contributed by atoms with Crippen LogP contribution in [0.25, 0.3) is 10.8 Å². The number of aromatic nitrogens is 2. The molecule has 0 N–H and O–H groups in total. The Morgan fingerprint density at radius 1 is 1.13 bits per heavy atom. The van der Waals surface area contributed by atoms with Crippen LogP contribution in [0.1, 0.15) is 39.3 Å². The molecule has 0 saturated heterocycles. The monoisotopic (exact) mass is 326 g/mol. The maximum absolute atomic E-state index is 12.9. The molecular formula is C19H22N2OS. The number of carbonyl (C=O) groups is 1. The maximum Gasteiger partial charge on any atom is 0.150 e. The number of Topliss-reactive ketones (excluding diaryl/α,β-unsaturated/α-hetero) is 1. The van der Waals surface area contributed by atoms with Gasteiger partial charge in [0, 0.05) is 16.7 Å². The van der Waals surface area contributed by atoms with E-state index in [-0.39, 0.29) is 22.0 Å². The van der Waals surface area contributed by atoms with E-state index in [4.69, 9.17) is 0 Å². The summed E-state index contributed by atoms with van der Waals surface area (Å²) in [6.07, 6.45) is 2.17. The first-order valence-electron chi connectivity index (χ1n) is 8.29. The van der Waals surface area contributed by atoms with E-state index in [9.17, 15) is 4.79 Å². The number of hydrogen-bond donors (Lipinski definition) is 0. The van der Waals surface area contributed by atoms with Crippen molar-refractivity contribution in [2.75, 3.05) is 0 Å². The Labute approximate surface area is 141 Å². The summed E-state index contributed by atoms with van der Waals surface area (Å²) in [5.41, 5.74) is 1.07. The van der Waals surface area contributed by atoms with Crippen LogP contribution >= 0.6 is 11.8 Å². The second kappa shape index (κ2) is 4.79. The summed E-state index contributed by atoms with van der Waals surface area (Å²) in [4.78, 5) is 12.9. The molecule has 1 aromatic carbocycles. The lowest BCUT2D eigenvalue weighted by molar-refractivity contribution is -0.122. The Balaban J connectivity index is 1.78. The molecule has 0 radical (unpaired) electrons. The highest BCUT2D eigenvalue weighted by molar-refractivity contribution is 8.00. The third-order valence-corrected chi connectivity index (χ3v) is 8.06. The van der Waals surface area contributed by atoms with Crippen molar-refractivity contribution < 1.29 is 4.79 Å². The number of fused-ring (bicyclic) bond motifs is 3. The molecule has 0 spiro atoms. The first-order valence-corrected chi connectivity index (χ1v) is 9.16. The van der Waals surface area contributed by atoms with Gasteiger partial charge in [0.25, 0.3) is 0 Å². The van der Waals surface area contributed by atoms with Crippen molar-refractivity contribution in [3.05, 3.63) is 30.0 Å². The van der Waals surface area contributed by atoms with Gasteiger partial charge in [-0.1, -0.05) is 56.8 Å². The first-order chi connectivity index (χ1) is 10.9. The predicted molar refractivity (Wildman–Crippen MR) is 93.5 cm³/mol. The van der Waals surface area contributed by atoms with E-state index >= 15 is 0 Å². The summed E-state index contributed by atoms with van der Waals surface area (Å²) in [5, 5.41) is 11.9. The molecule has 0 aliphatic heterocycles. The van der Waals surface area contributed by atoms with E-state index in [1.165, 1.54) is 0 Å². The van der Waals surface area contributed by atoms with Gasteiger partial charge in [0.1, 0.15) is 10.8 Å². The molecule has 2 saturated carbocycles. The van der Waals surface area contributed by atoms with Crippen LogP contribution in [0.3, 0.4) is 0 Å².